The number of nitrogens with one attached hydrogen (secondary N) is 1. The lowest BCUT2D eigenvalue weighted by atomic mass is 9.96. The molecule has 0 aliphatic carbocycles. The smallest absolute Gasteiger partial charge is 0.380 e. The summed E-state index contributed by atoms with van der Waals surface area (Å²) in [7, 11) is -8.08. The molecule has 1 atom stereocenters. The maximum absolute atomic E-state index is 12.9. The quantitative estimate of drug-likeness (QED) is 0.235. The van der Waals surface area contributed by atoms with Crippen molar-refractivity contribution in [1.29, 1.82) is 0 Å². The number of alkyl halides is 3. The highest BCUT2D eigenvalue weighted by Gasteiger charge is 2.65. The summed E-state index contributed by atoms with van der Waals surface area (Å²) in [6, 6.07) is 4.83. The summed E-state index contributed by atoms with van der Waals surface area (Å²) in [5, 5.41) is 2.94. The van der Waals surface area contributed by atoms with Gasteiger partial charge in [0.2, 0.25) is 0 Å². The van der Waals surface area contributed by atoms with E-state index in [9.17, 15) is 42.2 Å². The van der Waals surface area contributed by atoms with Crippen LogP contribution in [0.15, 0.2) is 41.3 Å². The molecule has 0 saturated heterocycles. The van der Waals surface area contributed by atoms with Gasteiger partial charge in [-0.3, -0.25) is 9.59 Å². The molecule has 2 aromatic carbocycles. The Morgan fingerprint density at radius 2 is 1.64 bits per heavy atom. The molecule has 1 N–H and O–H groups in total. The van der Waals surface area contributed by atoms with E-state index < -0.39 is 39.5 Å². The van der Waals surface area contributed by atoms with Gasteiger partial charge in [-0.25, -0.2) is 0 Å². The summed E-state index contributed by atoms with van der Waals surface area (Å²) >= 11 is 0. The van der Waals surface area contributed by atoms with Crippen molar-refractivity contribution in [1.82, 2.24) is 10.2 Å². The first-order chi connectivity index (χ1) is 17.6. The van der Waals surface area contributed by atoms with Crippen molar-refractivity contribution in [2.45, 2.75) is 44.2 Å². The molecule has 4 nitrogen and oxygen atoms in total. The van der Waals surface area contributed by atoms with Crippen molar-refractivity contribution < 1.29 is 42.2 Å². The second kappa shape index (κ2) is 10.8. The molecule has 0 saturated carbocycles. The molecule has 1 unspecified atom stereocenters. The van der Waals surface area contributed by atoms with E-state index in [1.807, 2.05) is 12.2 Å². The molecular formula is C26H30F8N2O2S. The average Bonchev–Trinajstić information content (AvgIpc) is 2.80. The Bertz CT molecular complexity index is 1320. The second-order valence-corrected chi connectivity index (χ2v) is 11.8. The van der Waals surface area contributed by atoms with Crippen molar-refractivity contribution in [3.63, 3.8) is 0 Å². The largest absolute Gasteiger partial charge is 0.405 e. The molecule has 2 rings (SSSR count). The molecular weight excluding hydrogens is 556 g/mol. The van der Waals surface area contributed by atoms with Crippen LogP contribution >= 0.6 is 10.2 Å². The predicted octanol–water partition coefficient (Wildman–Crippen LogP) is 6.71. The minimum Gasteiger partial charge on any atom is -0.380 e. The van der Waals surface area contributed by atoms with E-state index >= 15 is 0 Å². The maximum Gasteiger partial charge on any atom is 0.405 e. The Balaban J connectivity index is 2.11. The first-order valence-corrected chi connectivity index (χ1v) is 13.8. The highest BCUT2D eigenvalue weighted by molar-refractivity contribution is 8.45. The molecule has 0 aromatic heterocycles. The van der Waals surface area contributed by atoms with Crippen LogP contribution in [0.1, 0.15) is 52.5 Å². The third-order valence-corrected chi connectivity index (χ3v) is 7.34. The summed E-state index contributed by atoms with van der Waals surface area (Å²) < 4.78 is 102. The lowest BCUT2D eigenvalue weighted by molar-refractivity contribution is -0.123. The van der Waals surface area contributed by atoms with Gasteiger partial charge in [-0.2, -0.15) is 13.2 Å². The fraction of sp³-hybridized carbons (Fsp3) is 0.385. The number of rotatable bonds is 11. The van der Waals surface area contributed by atoms with Crippen molar-refractivity contribution in [2.24, 2.45) is 5.92 Å². The van der Waals surface area contributed by atoms with Gasteiger partial charge in [0.1, 0.15) is 11.4 Å². The van der Waals surface area contributed by atoms with Gasteiger partial charge in [-0.15, -0.1) is 0 Å². The highest BCUT2D eigenvalue weighted by Crippen LogP contribution is 3.02. The summed E-state index contributed by atoms with van der Waals surface area (Å²) in [6.07, 6.45) is -1.86. The number of carbonyl (C=O) groups is 2. The number of nitrogens with zero attached hydrogens (tertiary/aromatic N) is 1. The summed E-state index contributed by atoms with van der Waals surface area (Å²) in [5.41, 5.74) is 0.403. The zero-order chi connectivity index (χ0) is 29.9. The topological polar surface area (TPSA) is 49.4 Å². The van der Waals surface area contributed by atoms with Crippen molar-refractivity contribution in [3.05, 3.63) is 63.5 Å². The van der Waals surface area contributed by atoms with Crippen LogP contribution < -0.4 is 15.8 Å². The van der Waals surface area contributed by atoms with E-state index in [0.717, 1.165) is 12.1 Å². The second-order valence-electron chi connectivity index (χ2n) is 9.41. The Hall–Kier alpha value is -3.09. The zero-order valence-electron chi connectivity index (χ0n) is 21.6. The highest BCUT2D eigenvalue weighted by atomic mass is 32.5. The SMILES string of the molecule is C=c1ccc(C(=O)NCC(F)(F)F)c(C)/c1=C/N(C)CC(CC)CCC(=O)c1ccc(S(F)(F)(F)(F)F)cc1. The van der Waals surface area contributed by atoms with Gasteiger partial charge in [0.15, 0.2) is 5.78 Å². The lowest BCUT2D eigenvalue weighted by Gasteiger charge is -2.40. The number of ketones is 1. The fourth-order valence-corrected chi connectivity index (χ4v) is 4.62. The molecule has 0 aliphatic rings. The molecule has 39 heavy (non-hydrogen) atoms. The molecule has 0 radical (unpaired) electrons. The van der Waals surface area contributed by atoms with Crippen molar-refractivity contribution >= 4 is 34.7 Å². The lowest BCUT2D eigenvalue weighted by Crippen LogP contribution is -2.37. The third kappa shape index (κ3) is 9.55. The number of benzene rings is 2. The molecule has 0 aliphatic heterocycles. The average molecular weight is 587 g/mol. The predicted molar refractivity (Wildman–Crippen MR) is 137 cm³/mol. The van der Waals surface area contributed by atoms with Crippen LogP contribution in [0.4, 0.5) is 32.6 Å². The van der Waals surface area contributed by atoms with Crippen LogP contribution in [0.2, 0.25) is 0 Å². The number of halogens is 8. The standard InChI is InChI=1S/C26H30F8N2O2S/c1-5-19(7-13-24(37)20-8-10-21(11-9-20)39(30,31,32,33)34)14-36(4)15-23-17(2)6-12-22(18(23)3)25(38)35-16-26(27,28)29/h6,8-12,15,19H,2,5,7,13-14,16H2,1,3-4H3,(H,35,38)/b23-15+. The van der Waals surface area contributed by atoms with Gasteiger partial charge < -0.3 is 10.2 Å². The van der Waals surface area contributed by atoms with Gasteiger partial charge in [-0.05, 0) is 60.4 Å². The van der Waals surface area contributed by atoms with Crippen LogP contribution in [0.25, 0.3) is 12.8 Å². The van der Waals surface area contributed by atoms with E-state index in [1.54, 1.807) is 25.1 Å². The molecule has 1 amide bonds. The van der Waals surface area contributed by atoms with E-state index in [-0.39, 0.29) is 35.6 Å². The number of carbonyl (C=O) groups excluding carboxylic acids is 2. The number of amides is 1. The third-order valence-electron chi connectivity index (χ3n) is 6.17. The van der Waals surface area contributed by atoms with Crippen molar-refractivity contribution in [2.75, 3.05) is 20.1 Å². The van der Waals surface area contributed by atoms with Crippen molar-refractivity contribution in [3.8, 4) is 0 Å². The molecule has 218 valence electrons. The van der Waals surface area contributed by atoms with Crippen LogP contribution in [-0.4, -0.2) is 42.9 Å². The zero-order valence-corrected chi connectivity index (χ0v) is 22.4. The van der Waals surface area contributed by atoms with Gasteiger partial charge in [-0.1, -0.05) is 45.4 Å². The molecule has 13 heteroatoms. The van der Waals surface area contributed by atoms with Crippen LogP contribution in [0.3, 0.4) is 0 Å². The fourth-order valence-electron chi connectivity index (χ4n) is 3.97. The molecule has 0 bridgehead atoms. The summed E-state index contributed by atoms with van der Waals surface area (Å²) in [4.78, 5) is 24.5. The van der Waals surface area contributed by atoms with Gasteiger partial charge in [0.05, 0.1) is 0 Å². The Morgan fingerprint density at radius 3 is 2.15 bits per heavy atom. The number of hydrogen-bond donors (Lipinski definition) is 1. The van der Waals surface area contributed by atoms with E-state index in [4.69, 9.17) is 0 Å². The normalized spacial score (nSPS) is 15.3. The molecule has 2 aromatic rings. The number of hydrogen-bond acceptors (Lipinski definition) is 3. The minimum absolute atomic E-state index is 0.0173. The van der Waals surface area contributed by atoms with Crippen LogP contribution in [-0.2, 0) is 0 Å². The monoisotopic (exact) mass is 586 g/mol. The van der Waals surface area contributed by atoms with E-state index in [0.29, 0.717) is 35.4 Å². The Kier molecular flexibility index (Phi) is 8.91. The Labute approximate surface area is 221 Å². The minimum atomic E-state index is -9.82. The maximum atomic E-state index is 12.9. The molecule has 0 spiro atoms. The van der Waals surface area contributed by atoms with Gasteiger partial charge >= 0.3 is 16.4 Å². The molecule has 0 heterocycles. The summed E-state index contributed by atoms with van der Waals surface area (Å²) in [6.45, 7) is 6.37. The Morgan fingerprint density at radius 1 is 1.05 bits per heavy atom. The van der Waals surface area contributed by atoms with E-state index in [2.05, 4.69) is 6.58 Å². The summed E-state index contributed by atoms with van der Waals surface area (Å²) in [5.74, 6) is -1.39. The van der Waals surface area contributed by atoms with Gasteiger partial charge in [0, 0.05) is 42.6 Å². The van der Waals surface area contributed by atoms with E-state index in [1.165, 1.54) is 12.1 Å². The van der Waals surface area contributed by atoms with Gasteiger partial charge in [0.25, 0.3) is 5.91 Å². The molecule has 0 fully saturated rings. The first kappa shape index (κ1) is 32.1. The number of Topliss-reactive ketones (excluding diaryl/α,β-unsaturated/α-hetero) is 1. The van der Waals surface area contributed by atoms with Crippen LogP contribution in [0.5, 0.6) is 0 Å². The first-order valence-electron chi connectivity index (χ1n) is 11.8. The van der Waals surface area contributed by atoms with Crippen LogP contribution in [0, 0.1) is 12.8 Å².